The Hall–Kier alpha value is -1.55. The van der Waals surface area contributed by atoms with E-state index >= 15 is 0 Å². The van der Waals surface area contributed by atoms with E-state index in [9.17, 15) is 4.79 Å². The van der Waals surface area contributed by atoms with E-state index in [-0.39, 0.29) is 5.91 Å². The van der Waals surface area contributed by atoms with E-state index in [1.807, 2.05) is 24.3 Å². The number of anilines is 1. The Balaban J connectivity index is 1.92. The smallest absolute Gasteiger partial charge is 0.238 e. The molecule has 110 valence electrons. The highest BCUT2D eigenvalue weighted by Gasteiger charge is 2.23. The van der Waals surface area contributed by atoms with Crippen LogP contribution < -0.4 is 10.1 Å². The predicted octanol–water partition coefficient (Wildman–Crippen LogP) is 2.61. The minimum absolute atomic E-state index is 0.0239. The number of carbonyl (C=O) groups excluding carboxylic acids is 1. The van der Waals surface area contributed by atoms with Crippen molar-refractivity contribution in [2.75, 3.05) is 32.1 Å². The number of amides is 1. The summed E-state index contributed by atoms with van der Waals surface area (Å²) in [6.07, 6.45) is 1.25. The Morgan fingerprint density at radius 1 is 1.30 bits per heavy atom. The fourth-order valence-corrected chi connectivity index (χ4v) is 3.06. The molecule has 4 heteroatoms. The number of likely N-dealkylation sites (tertiary alicyclic amines) is 1. The standard InChI is InChI=1S/C16H24N2O2/c1-12-8-13(2)10-18(9-12)11-16(19)17-14-6-4-5-7-15(14)20-3/h4-7,12-13H,8-11H2,1-3H3,(H,17,19)/t12-,13-/m0/s1. The Morgan fingerprint density at radius 2 is 1.95 bits per heavy atom. The van der Waals surface area contributed by atoms with E-state index in [0.29, 0.717) is 24.1 Å². The van der Waals surface area contributed by atoms with E-state index in [1.54, 1.807) is 7.11 Å². The van der Waals surface area contributed by atoms with Gasteiger partial charge in [0.15, 0.2) is 0 Å². The van der Waals surface area contributed by atoms with E-state index < -0.39 is 0 Å². The zero-order chi connectivity index (χ0) is 14.5. The third-order valence-electron chi connectivity index (χ3n) is 3.69. The number of benzene rings is 1. The normalized spacial score (nSPS) is 23.4. The van der Waals surface area contributed by atoms with E-state index in [0.717, 1.165) is 18.8 Å². The molecule has 0 unspecified atom stereocenters. The first-order chi connectivity index (χ1) is 9.58. The highest BCUT2D eigenvalue weighted by Crippen LogP contribution is 2.24. The molecule has 0 spiro atoms. The summed E-state index contributed by atoms with van der Waals surface area (Å²) in [6.45, 7) is 6.96. The lowest BCUT2D eigenvalue weighted by molar-refractivity contribution is -0.117. The SMILES string of the molecule is COc1ccccc1NC(=O)CN1C[C@@H](C)C[C@H](C)C1. The van der Waals surface area contributed by atoms with Crippen LogP contribution in [0.3, 0.4) is 0 Å². The topological polar surface area (TPSA) is 41.6 Å². The van der Waals surface area contributed by atoms with Gasteiger partial charge in [-0.3, -0.25) is 9.69 Å². The molecular formula is C16H24N2O2. The fraction of sp³-hybridized carbons (Fsp3) is 0.562. The van der Waals surface area contributed by atoms with Gasteiger partial charge in [0.25, 0.3) is 0 Å². The van der Waals surface area contributed by atoms with Gasteiger partial charge in [0.05, 0.1) is 19.3 Å². The fourth-order valence-electron chi connectivity index (χ4n) is 3.06. The van der Waals surface area contributed by atoms with Crippen molar-refractivity contribution < 1.29 is 9.53 Å². The van der Waals surface area contributed by atoms with Gasteiger partial charge in [-0.1, -0.05) is 26.0 Å². The monoisotopic (exact) mass is 276 g/mol. The van der Waals surface area contributed by atoms with Crippen molar-refractivity contribution in [2.45, 2.75) is 20.3 Å². The molecule has 1 N–H and O–H groups in total. The molecule has 1 aromatic rings. The summed E-state index contributed by atoms with van der Waals surface area (Å²) in [7, 11) is 1.61. The first-order valence-electron chi connectivity index (χ1n) is 7.23. The molecule has 1 aromatic carbocycles. The van der Waals surface area contributed by atoms with Crippen molar-refractivity contribution in [3.05, 3.63) is 24.3 Å². The summed E-state index contributed by atoms with van der Waals surface area (Å²) in [5.41, 5.74) is 0.734. The quantitative estimate of drug-likeness (QED) is 0.919. The minimum Gasteiger partial charge on any atom is -0.495 e. The molecule has 1 amide bonds. The predicted molar refractivity (Wildman–Crippen MR) is 81.0 cm³/mol. The summed E-state index contributed by atoms with van der Waals surface area (Å²) in [4.78, 5) is 14.4. The van der Waals surface area contributed by atoms with Crippen molar-refractivity contribution in [1.29, 1.82) is 0 Å². The van der Waals surface area contributed by atoms with Gasteiger partial charge < -0.3 is 10.1 Å². The second-order valence-electron chi connectivity index (χ2n) is 5.89. The molecule has 1 aliphatic heterocycles. The Labute approximate surface area is 121 Å². The van der Waals surface area contributed by atoms with Gasteiger partial charge >= 0.3 is 0 Å². The average Bonchev–Trinajstić information content (AvgIpc) is 2.37. The van der Waals surface area contributed by atoms with Crippen molar-refractivity contribution >= 4 is 11.6 Å². The molecule has 1 aliphatic rings. The number of para-hydroxylation sites is 2. The van der Waals surface area contributed by atoms with Crippen molar-refractivity contribution in [3.8, 4) is 5.75 Å². The van der Waals surface area contributed by atoms with Gasteiger partial charge in [0, 0.05) is 13.1 Å². The maximum absolute atomic E-state index is 12.2. The van der Waals surface area contributed by atoms with Crippen molar-refractivity contribution in [2.24, 2.45) is 11.8 Å². The van der Waals surface area contributed by atoms with Crippen LogP contribution >= 0.6 is 0 Å². The number of piperidine rings is 1. The maximum atomic E-state index is 12.2. The molecule has 0 aliphatic carbocycles. The van der Waals surface area contributed by atoms with Gasteiger partial charge in [0.2, 0.25) is 5.91 Å². The molecule has 2 rings (SSSR count). The molecule has 0 aromatic heterocycles. The van der Waals surface area contributed by atoms with Crippen LogP contribution in [0.1, 0.15) is 20.3 Å². The van der Waals surface area contributed by atoms with Gasteiger partial charge in [0.1, 0.15) is 5.75 Å². The van der Waals surface area contributed by atoms with Crippen LogP contribution in [0.25, 0.3) is 0 Å². The zero-order valence-corrected chi connectivity index (χ0v) is 12.6. The van der Waals surface area contributed by atoms with Gasteiger partial charge in [-0.05, 0) is 30.4 Å². The summed E-state index contributed by atoms with van der Waals surface area (Å²) >= 11 is 0. The maximum Gasteiger partial charge on any atom is 0.238 e. The molecule has 4 nitrogen and oxygen atoms in total. The second-order valence-corrected chi connectivity index (χ2v) is 5.89. The molecule has 1 saturated heterocycles. The molecule has 20 heavy (non-hydrogen) atoms. The molecule has 0 radical (unpaired) electrons. The number of ether oxygens (including phenoxy) is 1. The lowest BCUT2D eigenvalue weighted by atomic mass is 9.92. The van der Waals surface area contributed by atoms with Gasteiger partial charge in [-0.2, -0.15) is 0 Å². The molecule has 2 atom stereocenters. The number of hydrogen-bond acceptors (Lipinski definition) is 3. The highest BCUT2D eigenvalue weighted by molar-refractivity contribution is 5.93. The van der Waals surface area contributed by atoms with Crippen LogP contribution in [-0.2, 0) is 4.79 Å². The largest absolute Gasteiger partial charge is 0.495 e. The van der Waals surface area contributed by atoms with Gasteiger partial charge in [-0.15, -0.1) is 0 Å². The van der Waals surface area contributed by atoms with E-state index in [4.69, 9.17) is 4.74 Å². The Kier molecular flexibility index (Phi) is 5.01. The minimum atomic E-state index is 0.0239. The number of rotatable bonds is 4. The zero-order valence-electron chi connectivity index (χ0n) is 12.6. The molecule has 0 bridgehead atoms. The number of methoxy groups -OCH3 is 1. The van der Waals surface area contributed by atoms with E-state index in [2.05, 4.69) is 24.1 Å². The highest BCUT2D eigenvalue weighted by atomic mass is 16.5. The second kappa shape index (κ2) is 6.75. The third kappa shape index (κ3) is 3.97. The summed E-state index contributed by atoms with van der Waals surface area (Å²) in [5, 5.41) is 2.93. The summed E-state index contributed by atoms with van der Waals surface area (Å²) < 4.78 is 5.24. The number of hydrogen-bond donors (Lipinski definition) is 1. The molecule has 1 heterocycles. The Morgan fingerprint density at radius 3 is 2.60 bits per heavy atom. The van der Waals surface area contributed by atoms with Crippen molar-refractivity contribution in [3.63, 3.8) is 0 Å². The number of nitrogens with one attached hydrogen (secondary N) is 1. The molecular weight excluding hydrogens is 252 g/mol. The molecule has 0 saturated carbocycles. The van der Waals surface area contributed by atoms with Crippen molar-refractivity contribution in [1.82, 2.24) is 4.90 Å². The first-order valence-corrected chi connectivity index (χ1v) is 7.23. The van der Waals surface area contributed by atoms with Crippen LogP contribution in [-0.4, -0.2) is 37.6 Å². The Bertz CT molecular complexity index is 452. The summed E-state index contributed by atoms with van der Waals surface area (Å²) in [6, 6.07) is 7.49. The van der Waals surface area contributed by atoms with Crippen LogP contribution in [0.2, 0.25) is 0 Å². The average molecular weight is 276 g/mol. The third-order valence-corrected chi connectivity index (χ3v) is 3.69. The van der Waals surface area contributed by atoms with Crippen LogP contribution in [0.15, 0.2) is 24.3 Å². The molecule has 1 fully saturated rings. The lowest BCUT2D eigenvalue weighted by Gasteiger charge is -2.34. The van der Waals surface area contributed by atoms with Crippen LogP contribution in [0.4, 0.5) is 5.69 Å². The van der Waals surface area contributed by atoms with Crippen LogP contribution in [0.5, 0.6) is 5.75 Å². The van der Waals surface area contributed by atoms with Gasteiger partial charge in [-0.25, -0.2) is 0 Å². The van der Waals surface area contributed by atoms with Crippen LogP contribution in [0, 0.1) is 11.8 Å². The first kappa shape index (κ1) is 14.9. The number of carbonyl (C=O) groups is 1. The van der Waals surface area contributed by atoms with E-state index in [1.165, 1.54) is 6.42 Å². The lowest BCUT2D eigenvalue weighted by Crippen LogP contribution is -2.42. The summed E-state index contributed by atoms with van der Waals surface area (Å²) in [5.74, 6) is 2.05. The number of nitrogens with zero attached hydrogens (tertiary/aromatic N) is 1.